The second kappa shape index (κ2) is 13.6. The summed E-state index contributed by atoms with van der Waals surface area (Å²) in [7, 11) is 0. The fourth-order valence-corrected chi connectivity index (χ4v) is 4.27. The van der Waals surface area contributed by atoms with Gasteiger partial charge in [0.25, 0.3) is 0 Å². The highest BCUT2D eigenvalue weighted by molar-refractivity contribution is 5.82. The number of carbonyl (C=O) groups is 1. The number of amides is 1. The molecule has 1 aliphatic rings. The molecule has 1 aliphatic heterocycles. The highest BCUT2D eigenvalue weighted by Gasteiger charge is 2.37. The predicted molar refractivity (Wildman–Crippen MR) is 113 cm³/mol. The average Bonchev–Trinajstić information content (AvgIpc) is 2.64. The highest BCUT2D eigenvalue weighted by atomic mass is 16.2. The number of likely N-dealkylation sites (tertiary alicyclic amines) is 1. The zero-order valence-electron chi connectivity index (χ0n) is 18.2. The number of hydrogen-bond donors (Lipinski definition) is 1. The van der Waals surface area contributed by atoms with E-state index in [0.29, 0.717) is 5.92 Å². The molecule has 1 amide bonds. The van der Waals surface area contributed by atoms with Crippen molar-refractivity contribution < 1.29 is 4.79 Å². The van der Waals surface area contributed by atoms with Gasteiger partial charge in [0.05, 0.1) is 0 Å². The van der Waals surface area contributed by atoms with Crippen LogP contribution in [0.4, 0.5) is 0 Å². The van der Waals surface area contributed by atoms with Gasteiger partial charge in [-0.15, -0.1) is 0 Å². The number of hydrogen-bond acceptors (Lipinski definition) is 2. The molecule has 0 saturated carbocycles. The molecule has 1 N–H and O–H groups in total. The summed E-state index contributed by atoms with van der Waals surface area (Å²) in [5.41, 5.74) is -0.223. The zero-order chi connectivity index (χ0) is 19.3. The number of carbonyl (C=O) groups excluding carboxylic acids is 1. The Hall–Kier alpha value is -0.570. The van der Waals surface area contributed by atoms with Crippen LogP contribution in [0.25, 0.3) is 0 Å². The van der Waals surface area contributed by atoms with E-state index in [0.717, 1.165) is 6.54 Å². The lowest BCUT2D eigenvalue weighted by Crippen LogP contribution is -2.46. The Morgan fingerprint density at radius 2 is 1.38 bits per heavy atom. The van der Waals surface area contributed by atoms with Crippen LogP contribution in [0, 0.1) is 11.3 Å². The summed E-state index contributed by atoms with van der Waals surface area (Å²) < 4.78 is 0. The SMILES string of the molecule is CCCCCCCCCCCCN1CCC(C(C)(C)C(=O)NCC)CC1. The molecule has 1 saturated heterocycles. The number of unbranched alkanes of at least 4 members (excludes halogenated alkanes) is 9. The van der Waals surface area contributed by atoms with Crippen LogP contribution in [-0.2, 0) is 4.79 Å². The first-order chi connectivity index (χ1) is 12.5. The molecule has 1 rings (SSSR count). The molecule has 1 heterocycles. The molecule has 0 aromatic heterocycles. The van der Waals surface area contributed by atoms with Crippen molar-refractivity contribution in [2.75, 3.05) is 26.2 Å². The van der Waals surface area contributed by atoms with Crippen LogP contribution in [0.1, 0.15) is 105 Å². The molecule has 26 heavy (non-hydrogen) atoms. The quantitative estimate of drug-likeness (QED) is 0.395. The van der Waals surface area contributed by atoms with Gasteiger partial charge in [-0.1, -0.05) is 78.6 Å². The van der Waals surface area contributed by atoms with E-state index in [4.69, 9.17) is 0 Å². The first-order valence-corrected chi connectivity index (χ1v) is 11.5. The summed E-state index contributed by atoms with van der Waals surface area (Å²) >= 11 is 0. The fraction of sp³-hybridized carbons (Fsp3) is 0.957. The summed E-state index contributed by atoms with van der Waals surface area (Å²) in [6.07, 6.45) is 16.4. The topological polar surface area (TPSA) is 32.3 Å². The second-order valence-corrected chi connectivity index (χ2v) is 8.88. The van der Waals surface area contributed by atoms with Crippen molar-refractivity contribution in [2.45, 2.75) is 105 Å². The Labute approximate surface area is 163 Å². The van der Waals surface area contributed by atoms with Crippen molar-refractivity contribution in [1.29, 1.82) is 0 Å². The molecule has 0 spiro atoms. The van der Waals surface area contributed by atoms with Crippen LogP contribution < -0.4 is 5.32 Å². The van der Waals surface area contributed by atoms with E-state index in [-0.39, 0.29) is 11.3 Å². The van der Waals surface area contributed by atoms with Crippen molar-refractivity contribution in [3.8, 4) is 0 Å². The minimum absolute atomic E-state index is 0.223. The zero-order valence-corrected chi connectivity index (χ0v) is 18.2. The smallest absolute Gasteiger partial charge is 0.225 e. The molecule has 1 fully saturated rings. The summed E-state index contributed by atoms with van der Waals surface area (Å²) in [6.45, 7) is 12.9. The van der Waals surface area contributed by atoms with E-state index in [1.165, 1.54) is 96.7 Å². The monoisotopic (exact) mass is 366 g/mol. The minimum atomic E-state index is -0.223. The van der Waals surface area contributed by atoms with Gasteiger partial charge in [0, 0.05) is 12.0 Å². The summed E-state index contributed by atoms with van der Waals surface area (Å²) in [6, 6.07) is 0. The standard InChI is InChI=1S/C23H46N2O/c1-5-7-8-9-10-11-12-13-14-15-18-25-19-16-21(17-20-25)23(3,4)22(26)24-6-2/h21H,5-20H2,1-4H3,(H,24,26). The van der Waals surface area contributed by atoms with E-state index >= 15 is 0 Å². The molecule has 0 aromatic carbocycles. The number of piperidine rings is 1. The third-order valence-corrected chi connectivity index (χ3v) is 6.36. The van der Waals surface area contributed by atoms with Gasteiger partial charge < -0.3 is 10.2 Å². The fourth-order valence-electron chi connectivity index (χ4n) is 4.27. The Morgan fingerprint density at radius 1 is 0.885 bits per heavy atom. The minimum Gasteiger partial charge on any atom is -0.356 e. The van der Waals surface area contributed by atoms with Crippen molar-refractivity contribution in [3.05, 3.63) is 0 Å². The molecule has 0 atom stereocenters. The number of nitrogens with zero attached hydrogens (tertiary/aromatic N) is 1. The third kappa shape index (κ3) is 8.88. The lowest BCUT2D eigenvalue weighted by Gasteiger charge is -2.39. The van der Waals surface area contributed by atoms with Gasteiger partial charge in [-0.3, -0.25) is 4.79 Å². The third-order valence-electron chi connectivity index (χ3n) is 6.36. The molecule has 3 nitrogen and oxygen atoms in total. The van der Waals surface area contributed by atoms with Crippen LogP contribution in [0.2, 0.25) is 0 Å². The van der Waals surface area contributed by atoms with Crippen molar-refractivity contribution in [1.82, 2.24) is 10.2 Å². The molecule has 0 radical (unpaired) electrons. The predicted octanol–water partition coefficient (Wildman–Crippen LogP) is 5.78. The van der Waals surface area contributed by atoms with Gasteiger partial charge in [-0.2, -0.15) is 0 Å². The van der Waals surface area contributed by atoms with E-state index in [9.17, 15) is 4.79 Å². The van der Waals surface area contributed by atoms with Gasteiger partial charge in [0.15, 0.2) is 0 Å². The van der Waals surface area contributed by atoms with Gasteiger partial charge >= 0.3 is 0 Å². The second-order valence-electron chi connectivity index (χ2n) is 8.88. The molecule has 0 unspecified atom stereocenters. The Morgan fingerprint density at radius 3 is 1.88 bits per heavy atom. The number of nitrogens with one attached hydrogen (secondary N) is 1. The van der Waals surface area contributed by atoms with Crippen molar-refractivity contribution in [2.24, 2.45) is 11.3 Å². The molecule has 0 aromatic rings. The summed E-state index contributed by atoms with van der Waals surface area (Å²) in [4.78, 5) is 14.9. The van der Waals surface area contributed by atoms with Crippen molar-refractivity contribution >= 4 is 5.91 Å². The van der Waals surface area contributed by atoms with E-state index in [1.54, 1.807) is 0 Å². The normalized spacial score (nSPS) is 16.8. The molecule has 0 bridgehead atoms. The largest absolute Gasteiger partial charge is 0.356 e. The van der Waals surface area contributed by atoms with Crippen molar-refractivity contribution in [3.63, 3.8) is 0 Å². The maximum Gasteiger partial charge on any atom is 0.225 e. The van der Waals surface area contributed by atoms with Gasteiger partial charge in [-0.05, 0) is 51.7 Å². The van der Waals surface area contributed by atoms with Gasteiger partial charge in [-0.25, -0.2) is 0 Å². The number of rotatable bonds is 14. The van der Waals surface area contributed by atoms with Crippen LogP contribution in [0.3, 0.4) is 0 Å². The molecular formula is C23H46N2O. The van der Waals surface area contributed by atoms with Gasteiger partial charge in [0.1, 0.15) is 0 Å². The molecule has 154 valence electrons. The average molecular weight is 367 g/mol. The Bertz CT molecular complexity index is 359. The Balaban J connectivity index is 2.04. The first kappa shape index (κ1) is 23.5. The first-order valence-electron chi connectivity index (χ1n) is 11.5. The van der Waals surface area contributed by atoms with E-state index < -0.39 is 0 Å². The van der Waals surface area contributed by atoms with Crippen LogP contribution in [0.15, 0.2) is 0 Å². The Kier molecular flexibility index (Phi) is 12.3. The lowest BCUT2D eigenvalue weighted by atomic mass is 9.73. The summed E-state index contributed by atoms with van der Waals surface area (Å²) in [5.74, 6) is 0.756. The van der Waals surface area contributed by atoms with Crippen LogP contribution in [0.5, 0.6) is 0 Å². The van der Waals surface area contributed by atoms with E-state index in [2.05, 4.69) is 31.0 Å². The maximum absolute atomic E-state index is 12.3. The molecule has 3 heteroatoms. The summed E-state index contributed by atoms with van der Waals surface area (Å²) in [5, 5.41) is 3.01. The lowest BCUT2D eigenvalue weighted by molar-refractivity contribution is -0.133. The van der Waals surface area contributed by atoms with Crippen LogP contribution in [-0.4, -0.2) is 37.0 Å². The van der Waals surface area contributed by atoms with Crippen LogP contribution >= 0.6 is 0 Å². The van der Waals surface area contributed by atoms with E-state index in [1.807, 2.05) is 6.92 Å². The molecule has 0 aliphatic carbocycles. The van der Waals surface area contributed by atoms with Gasteiger partial charge in [0.2, 0.25) is 5.91 Å². The maximum atomic E-state index is 12.3. The highest BCUT2D eigenvalue weighted by Crippen LogP contribution is 2.35. The molecular weight excluding hydrogens is 320 g/mol.